The van der Waals surface area contributed by atoms with Crippen molar-refractivity contribution in [1.29, 1.82) is 0 Å². The third kappa shape index (κ3) is 3.09. The van der Waals surface area contributed by atoms with Gasteiger partial charge in [-0.15, -0.1) is 0 Å². The summed E-state index contributed by atoms with van der Waals surface area (Å²) in [6.45, 7) is 0. The first-order valence-electron chi connectivity index (χ1n) is 7.27. The van der Waals surface area contributed by atoms with Crippen molar-refractivity contribution in [3.8, 4) is 0 Å². The molecule has 0 amide bonds. The van der Waals surface area contributed by atoms with Gasteiger partial charge in [0.1, 0.15) is 22.3 Å². The summed E-state index contributed by atoms with van der Waals surface area (Å²) >= 11 is 0. The summed E-state index contributed by atoms with van der Waals surface area (Å²) in [4.78, 5) is -0.870. The third-order valence-electron chi connectivity index (χ3n) is 4.06. The largest absolute Gasteiger partial charge is 0.241 e. The van der Waals surface area contributed by atoms with E-state index in [4.69, 9.17) is 5.14 Å². The molecule has 1 aliphatic rings. The fraction of sp³-hybridized carbons (Fsp3) is 0.176. The van der Waals surface area contributed by atoms with Crippen LogP contribution in [0, 0.1) is 17.5 Å². The van der Waals surface area contributed by atoms with Crippen LogP contribution in [0.1, 0.15) is 30.4 Å². The summed E-state index contributed by atoms with van der Waals surface area (Å²) in [5, 5.41) is 4.88. The molecule has 0 unspecified atom stereocenters. The van der Waals surface area contributed by atoms with Gasteiger partial charge in [0.2, 0.25) is 10.0 Å². The number of hydrogen-bond acceptors (Lipinski definition) is 2. The molecule has 0 fully saturated rings. The predicted molar refractivity (Wildman–Crippen MR) is 84.8 cm³/mol. The number of sulfonamides is 1. The SMILES string of the molecule is NS(=O)(=O)c1cc(F)c(C2=C(c3ccc(F)cc3)CCC2)cc1F. The Morgan fingerprint density at radius 2 is 1.50 bits per heavy atom. The lowest BCUT2D eigenvalue weighted by atomic mass is 9.96. The average Bonchev–Trinajstić information content (AvgIpc) is 2.98. The molecule has 0 heterocycles. The number of hydrogen-bond donors (Lipinski definition) is 1. The number of nitrogens with two attached hydrogens (primary N) is 1. The predicted octanol–water partition coefficient (Wildman–Crippen LogP) is 3.85. The highest BCUT2D eigenvalue weighted by molar-refractivity contribution is 7.89. The van der Waals surface area contributed by atoms with Crippen molar-refractivity contribution in [1.82, 2.24) is 0 Å². The molecule has 3 rings (SSSR count). The van der Waals surface area contributed by atoms with E-state index >= 15 is 0 Å². The van der Waals surface area contributed by atoms with Crippen LogP contribution in [0.2, 0.25) is 0 Å². The van der Waals surface area contributed by atoms with E-state index in [2.05, 4.69) is 0 Å². The summed E-state index contributed by atoms with van der Waals surface area (Å²) in [6, 6.07) is 7.25. The molecule has 0 aromatic heterocycles. The molecule has 24 heavy (non-hydrogen) atoms. The molecule has 2 N–H and O–H groups in total. The maximum atomic E-state index is 14.4. The van der Waals surface area contributed by atoms with Crippen LogP contribution in [0.5, 0.6) is 0 Å². The number of rotatable bonds is 3. The zero-order valence-electron chi connectivity index (χ0n) is 12.5. The molecule has 7 heteroatoms. The van der Waals surface area contributed by atoms with Crippen molar-refractivity contribution in [2.75, 3.05) is 0 Å². The minimum Gasteiger partial charge on any atom is -0.225 e. The molecule has 2 aromatic rings. The van der Waals surface area contributed by atoms with Crippen molar-refractivity contribution in [3.63, 3.8) is 0 Å². The lowest BCUT2D eigenvalue weighted by Crippen LogP contribution is -2.15. The number of halogens is 3. The van der Waals surface area contributed by atoms with E-state index in [-0.39, 0.29) is 11.4 Å². The molecule has 0 radical (unpaired) electrons. The van der Waals surface area contributed by atoms with Gasteiger partial charge >= 0.3 is 0 Å². The smallest absolute Gasteiger partial charge is 0.225 e. The highest BCUT2D eigenvalue weighted by atomic mass is 32.2. The highest BCUT2D eigenvalue weighted by Gasteiger charge is 2.24. The summed E-state index contributed by atoms with van der Waals surface area (Å²) < 4.78 is 64.1. The minimum absolute atomic E-state index is 0.0109. The molecule has 3 nitrogen and oxygen atoms in total. The van der Waals surface area contributed by atoms with Gasteiger partial charge in [-0.3, -0.25) is 0 Å². The van der Waals surface area contributed by atoms with Crippen LogP contribution in [-0.4, -0.2) is 8.42 Å². The van der Waals surface area contributed by atoms with Crippen molar-refractivity contribution in [2.24, 2.45) is 5.14 Å². The summed E-state index contributed by atoms with van der Waals surface area (Å²) in [6.07, 6.45) is 1.93. The zero-order chi connectivity index (χ0) is 17.5. The normalized spacial score (nSPS) is 15.2. The third-order valence-corrected chi connectivity index (χ3v) is 4.99. The molecule has 0 aliphatic heterocycles. The van der Waals surface area contributed by atoms with E-state index < -0.39 is 26.6 Å². The van der Waals surface area contributed by atoms with Crippen molar-refractivity contribution < 1.29 is 21.6 Å². The maximum absolute atomic E-state index is 14.4. The molecule has 0 spiro atoms. The van der Waals surface area contributed by atoms with Gasteiger partial charge in [-0.05, 0) is 60.2 Å². The van der Waals surface area contributed by atoms with Gasteiger partial charge in [0.25, 0.3) is 0 Å². The number of allylic oxidation sites excluding steroid dienone is 2. The Balaban J connectivity index is 2.15. The van der Waals surface area contributed by atoms with Crippen LogP contribution >= 0.6 is 0 Å². The van der Waals surface area contributed by atoms with E-state index in [0.29, 0.717) is 24.5 Å². The molecule has 0 saturated heterocycles. The Labute approximate surface area is 137 Å². The first-order chi connectivity index (χ1) is 11.3. The second kappa shape index (κ2) is 6.07. The van der Waals surface area contributed by atoms with Gasteiger partial charge in [-0.25, -0.2) is 26.7 Å². The standard InChI is InChI=1S/C17H14F3NO2S/c18-11-6-4-10(5-7-11)12-2-1-3-13(12)14-8-16(20)17(9-15(14)19)24(21,22)23/h4-9H,1-3H2,(H2,21,22,23). The Morgan fingerprint density at radius 3 is 2.12 bits per heavy atom. The highest BCUT2D eigenvalue weighted by Crippen LogP contribution is 2.41. The monoisotopic (exact) mass is 353 g/mol. The first-order valence-corrected chi connectivity index (χ1v) is 8.82. The van der Waals surface area contributed by atoms with Crippen molar-refractivity contribution >= 4 is 21.2 Å². The van der Waals surface area contributed by atoms with Gasteiger partial charge in [0, 0.05) is 5.56 Å². The molecular weight excluding hydrogens is 339 g/mol. The van der Waals surface area contributed by atoms with Crippen LogP contribution in [0.4, 0.5) is 13.2 Å². The van der Waals surface area contributed by atoms with Crippen LogP contribution in [0.15, 0.2) is 41.3 Å². The second-order valence-corrected chi connectivity index (χ2v) is 7.15. The summed E-state index contributed by atoms with van der Waals surface area (Å²) in [5.74, 6) is -2.32. The Kier molecular flexibility index (Phi) is 4.23. The second-order valence-electron chi connectivity index (χ2n) is 5.63. The molecule has 1 aliphatic carbocycles. The van der Waals surface area contributed by atoms with E-state index in [9.17, 15) is 21.6 Å². The van der Waals surface area contributed by atoms with E-state index in [1.54, 1.807) is 12.1 Å². The lowest BCUT2D eigenvalue weighted by molar-refractivity contribution is 0.552. The molecule has 0 bridgehead atoms. The Bertz CT molecular complexity index is 935. The van der Waals surface area contributed by atoms with Gasteiger partial charge in [0.05, 0.1) is 0 Å². The molecular formula is C17H14F3NO2S. The van der Waals surface area contributed by atoms with E-state index in [0.717, 1.165) is 23.6 Å². The quantitative estimate of drug-likeness (QED) is 0.911. The van der Waals surface area contributed by atoms with Crippen LogP contribution in [0.25, 0.3) is 11.1 Å². The van der Waals surface area contributed by atoms with E-state index in [1.165, 1.54) is 12.1 Å². The maximum Gasteiger partial charge on any atom is 0.241 e. The van der Waals surface area contributed by atoms with E-state index in [1.807, 2.05) is 0 Å². The Morgan fingerprint density at radius 1 is 0.875 bits per heavy atom. The topological polar surface area (TPSA) is 60.2 Å². The summed E-state index contributed by atoms with van der Waals surface area (Å²) in [7, 11) is -4.34. The average molecular weight is 353 g/mol. The van der Waals surface area contributed by atoms with Crippen LogP contribution in [0.3, 0.4) is 0 Å². The summed E-state index contributed by atoms with van der Waals surface area (Å²) in [5.41, 5.74) is 2.14. The zero-order valence-corrected chi connectivity index (χ0v) is 13.3. The van der Waals surface area contributed by atoms with Crippen molar-refractivity contribution in [3.05, 3.63) is 65.0 Å². The molecule has 2 aromatic carbocycles. The molecule has 126 valence electrons. The lowest BCUT2D eigenvalue weighted by Gasteiger charge is -2.11. The fourth-order valence-electron chi connectivity index (χ4n) is 2.99. The van der Waals surface area contributed by atoms with Gasteiger partial charge in [0.15, 0.2) is 0 Å². The fourth-order valence-corrected chi connectivity index (χ4v) is 3.59. The molecule has 0 atom stereocenters. The van der Waals surface area contributed by atoms with Crippen LogP contribution < -0.4 is 5.14 Å². The van der Waals surface area contributed by atoms with Gasteiger partial charge in [-0.2, -0.15) is 0 Å². The minimum atomic E-state index is -4.34. The Hall–Kier alpha value is -2.12. The molecule has 0 saturated carbocycles. The first kappa shape index (κ1) is 16.7. The van der Waals surface area contributed by atoms with Gasteiger partial charge in [-0.1, -0.05) is 12.1 Å². The number of benzene rings is 2. The van der Waals surface area contributed by atoms with Crippen molar-refractivity contribution in [2.45, 2.75) is 24.2 Å². The van der Waals surface area contributed by atoms with Crippen LogP contribution in [-0.2, 0) is 10.0 Å². The number of primary sulfonamides is 1. The van der Waals surface area contributed by atoms with Gasteiger partial charge < -0.3 is 0 Å².